The fourth-order valence-electron chi connectivity index (χ4n) is 2.41. The highest BCUT2D eigenvalue weighted by molar-refractivity contribution is 5.72. The number of hydrogen-bond donors (Lipinski definition) is 1. The number of methoxy groups -OCH3 is 1. The first-order valence-corrected chi connectivity index (χ1v) is 6.96. The van der Waals surface area contributed by atoms with Gasteiger partial charge in [0.2, 0.25) is 0 Å². The largest absolute Gasteiger partial charge is 0.496 e. The SMILES string of the molecule is COc1ccccc1-c1nc(-c2ccc(C)cc2)[nH]c1C. The maximum Gasteiger partial charge on any atom is 0.138 e. The van der Waals surface area contributed by atoms with Gasteiger partial charge in [0.25, 0.3) is 0 Å². The summed E-state index contributed by atoms with van der Waals surface area (Å²) in [5.74, 6) is 1.72. The van der Waals surface area contributed by atoms with Crippen molar-refractivity contribution in [1.82, 2.24) is 9.97 Å². The molecule has 21 heavy (non-hydrogen) atoms. The van der Waals surface area contributed by atoms with Crippen LogP contribution in [-0.2, 0) is 0 Å². The summed E-state index contributed by atoms with van der Waals surface area (Å²) in [5, 5.41) is 0. The van der Waals surface area contributed by atoms with Crippen LogP contribution in [0.5, 0.6) is 5.75 Å². The highest BCUT2D eigenvalue weighted by Crippen LogP contribution is 2.32. The highest BCUT2D eigenvalue weighted by atomic mass is 16.5. The number of H-pyrrole nitrogens is 1. The monoisotopic (exact) mass is 278 g/mol. The smallest absolute Gasteiger partial charge is 0.138 e. The molecule has 0 saturated heterocycles. The summed E-state index contributed by atoms with van der Waals surface area (Å²) in [6, 6.07) is 16.3. The molecule has 0 aliphatic rings. The van der Waals surface area contributed by atoms with E-state index in [4.69, 9.17) is 9.72 Å². The van der Waals surface area contributed by atoms with Crippen LogP contribution in [0.1, 0.15) is 11.3 Å². The number of aromatic nitrogens is 2. The zero-order valence-electron chi connectivity index (χ0n) is 12.5. The molecule has 0 atom stereocenters. The molecule has 0 fully saturated rings. The van der Waals surface area contributed by atoms with Gasteiger partial charge in [-0.05, 0) is 26.0 Å². The van der Waals surface area contributed by atoms with Gasteiger partial charge in [-0.3, -0.25) is 0 Å². The molecular formula is C18H18N2O. The molecule has 0 amide bonds. The van der Waals surface area contributed by atoms with Gasteiger partial charge >= 0.3 is 0 Å². The number of nitrogens with one attached hydrogen (secondary N) is 1. The molecule has 106 valence electrons. The maximum absolute atomic E-state index is 5.43. The van der Waals surface area contributed by atoms with E-state index < -0.39 is 0 Å². The lowest BCUT2D eigenvalue weighted by atomic mass is 10.1. The number of para-hydroxylation sites is 1. The van der Waals surface area contributed by atoms with Crippen molar-refractivity contribution in [3.8, 4) is 28.4 Å². The van der Waals surface area contributed by atoms with E-state index in [1.807, 2.05) is 31.2 Å². The van der Waals surface area contributed by atoms with Crippen LogP contribution in [0, 0.1) is 13.8 Å². The van der Waals surface area contributed by atoms with Gasteiger partial charge in [-0.15, -0.1) is 0 Å². The molecule has 0 aliphatic carbocycles. The molecule has 1 aromatic heterocycles. The van der Waals surface area contributed by atoms with Gasteiger partial charge in [0.1, 0.15) is 11.6 Å². The normalized spacial score (nSPS) is 10.6. The minimum absolute atomic E-state index is 0.836. The van der Waals surface area contributed by atoms with Gasteiger partial charge in [-0.25, -0.2) is 4.98 Å². The predicted octanol–water partition coefficient (Wildman–Crippen LogP) is 4.37. The summed E-state index contributed by atoms with van der Waals surface area (Å²) in [7, 11) is 1.68. The molecule has 0 unspecified atom stereocenters. The lowest BCUT2D eigenvalue weighted by molar-refractivity contribution is 0.416. The van der Waals surface area contributed by atoms with Crippen molar-refractivity contribution in [1.29, 1.82) is 0 Å². The molecule has 3 nitrogen and oxygen atoms in total. The van der Waals surface area contributed by atoms with Gasteiger partial charge in [0, 0.05) is 16.8 Å². The molecule has 3 rings (SSSR count). The number of rotatable bonds is 3. The summed E-state index contributed by atoms with van der Waals surface area (Å²) in [5.41, 5.74) is 5.31. The molecular weight excluding hydrogens is 260 g/mol. The van der Waals surface area contributed by atoms with Crippen molar-refractivity contribution in [3.05, 3.63) is 59.8 Å². The maximum atomic E-state index is 5.43. The van der Waals surface area contributed by atoms with Crippen LogP contribution in [0.3, 0.4) is 0 Å². The molecule has 2 aromatic carbocycles. The predicted molar refractivity (Wildman–Crippen MR) is 85.5 cm³/mol. The van der Waals surface area contributed by atoms with Gasteiger partial charge < -0.3 is 9.72 Å². The van der Waals surface area contributed by atoms with Gasteiger partial charge in [-0.1, -0.05) is 42.0 Å². The van der Waals surface area contributed by atoms with Crippen molar-refractivity contribution >= 4 is 0 Å². The van der Waals surface area contributed by atoms with E-state index in [9.17, 15) is 0 Å². The Kier molecular flexibility index (Phi) is 3.48. The quantitative estimate of drug-likeness (QED) is 0.772. The Bertz CT molecular complexity index is 757. The number of aromatic amines is 1. The fourth-order valence-corrected chi connectivity index (χ4v) is 2.41. The zero-order valence-corrected chi connectivity index (χ0v) is 12.5. The molecule has 0 aliphatic heterocycles. The third kappa shape index (κ3) is 2.55. The van der Waals surface area contributed by atoms with E-state index in [1.165, 1.54) is 5.56 Å². The van der Waals surface area contributed by atoms with Crippen molar-refractivity contribution in [2.75, 3.05) is 7.11 Å². The minimum atomic E-state index is 0.836. The third-order valence-electron chi connectivity index (χ3n) is 3.57. The van der Waals surface area contributed by atoms with E-state index in [1.54, 1.807) is 7.11 Å². The van der Waals surface area contributed by atoms with Crippen LogP contribution in [0.2, 0.25) is 0 Å². The van der Waals surface area contributed by atoms with Crippen LogP contribution >= 0.6 is 0 Å². The number of hydrogen-bond acceptors (Lipinski definition) is 2. The Morgan fingerprint density at radius 3 is 2.38 bits per heavy atom. The van der Waals surface area contributed by atoms with Crippen LogP contribution in [0.4, 0.5) is 0 Å². The van der Waals surface area contributed by atoms with Crippen LogP contribution in [0.15, 0.2) is 48.5 Å². The molecule has 0 spiro atoms. The second-order valence-corrected chi connectivity index (χ2v) is 5.13. The first-order chi connectivity index (χ1) is 10.2. The number of ether oxygens (including phenoxy) is 1. The molecule has 3 heteroatoms. The molecule has 0 saturated carbocycles. The average molecular weight is 278 g/mol. The Morgan fingerprint density at radius 2 is 1.67 bits per heavy atom. The topological polar surface area (TPSA) is 37.9 Å². The lowest BCUT2D eigenvalue weighted by Crippen LogP contribution is -1.89. The second-order valence-electron chi connectivity index (χ2n) is 5.13. The van der Waals surface area contributed by atoms with Gasteiger partial charge in [0.05, 0.1) is 12.8 Å². The summed E-state index contributed by atoms with van der Waals surface area (Å²) in [6.45, 7) is 4.11. The van der Waals surface area contributed by atoms with E-state index in [0.29, 0.717) is 0 Å². The molecule has 0 radical (unpaired) electrons. The van der Waals surface area contributed by atoms with Crippen molar-refractivity contribution < 1.29 is 4.74 Å². The van der Waals surface area contributed by atoms with E-state index in [0.717, 1.165) is 34.1 Å². The highest BCUT2D eigenvalue weighted by Gasteiger charge is 2.13. The molecule has 1 heterocycles. The Labute approximate surface area is 124 Å². The minimum Gasteiger partial charge on any atom is -0.496 e. The fraction of sp³-hybridized carbons (Fsp3) is 0.167. The average Bonchev–Trinajstić information content (AvgIpc) is 2.89. The summed E-state index contributed by atoms with van der Waals surface area (Å²) in [4.78, 5) is 8.12. The Balaban J connectivity index is 2.07. The standard InChI is InChI=1S/C18H18N2O/c1-12-8-10-14(11-9-12)18-19-13(2)17(20-18)15-6-4-5-7-16(15)21-3/h4-11H,1-3H3,(H,19,20). The van der Waals surface area contributed by atoms with E-state index in [-0.39, 0.29) is 0 Å². The number of aryl methyl sites for hydroxylation is 2. The van der Waals surface area contributed by atoms with Crippen LogP contribution in [0.25, 0.3) is 22.6 Å². The summed E-state index contributed by atoms with van der Waals surface area (Å²) >= 11 is 0. The van der Waals surface area contributed by atoms with Crippen molar-refractivity contribution in [2.24, 2.45) is 0 Å². The first kappa shape index (κ1) is 13.4. The molecule has 0 bridgehead atoms. The van der Waals surface area contributed by atoms with Crippen LogP contribution in [-0.4, -0.2) is 17.1 Å². The second kappa shape index (κ2) is 5.44. The third-order valence-corrected chi connectivity index (χ3v) is 3.57. The summed E-state index contributed by atoms with van der Waals surface area (Å²) < 4.78 is 5.43. The number of imidazole rings is 1. The molecule has 3 aromatic rings. The number of nitrogens with zero attached hydrogens (tertiary/aromatic N) is 1. The van der Waals surface area contributed by atoms with Crippen LogP contribution < -0.4 is 4.74 Å². The first-order valence-electron chi connectivity index (χ1n) is 6.96. The van der Waals surface area contributed by atoms with Crippen molar-refractivity contribution in [2.45, 2.75) is 13.8 Å². The van der Waals surface area contributed by atoms with E-state index >= 15 is 0 Å². The van der Waals surface area contributed by atoms with Gasteiger partial charge in [0.15, 0.2) is 0 Å². The zero-order chi connectivity index (χ0) is 14.8. The van der Waals surface area contributed by atoms with E-state index in [2.05, 4.69) is 36.2 Å². The molecule has 1 N–H and O–H groups in total. The Hall–Kier alpha value is -2.55. The lowest BCUT2D eigenvalue weighted by Gasteiger charge is -2.06. The number of benzene rings is 2. The van der Waals surface area contributed by atoms with Gasteiger partial charge in [-0.2, -0.15) is 0 Å². The Morgan fingerprint density at radius 1 is 0.952 bits per heavy atom. The summed E-state index contributed by atoms with van der Waals surface area (Å²) in [6.07, 6.45) is 0. The van der Waals surface area contributed by atoms with Crippen molar-refractivity contribution in [3.63, 3.8) is 0 Å².